The van der Waals surface area contributed by atoms with E-state index < -0.39 is 0 Å². The first kappa shape index (κ1) is 16.8. The average Bonchev–Trinajstić information content (AvgIpc) is 2.90. The van der Waals surface area contributed by atoms with Gasteiger partial charge in [0.1, 0.15) is 0 Å². The summed E-state index contributed by atoms with van der Waals surface area (Å²) in [5.74, 6) is -0.331. The van der Waals surface area contributed by atoms with Crippen LogP contribution in [0.25, 0.3) is 10.2 Å². The molecule has 0 atom stereocenters. The monoisotopic (exact) mass is 402 g/mol. The van der Waals surface area contributed by atoms with Gasteiger partial charge in [-0.15, -0.1) is 0 Å². The Kier molecular flexibility index (Phi) is 4.78. The Morgan fingerprint density at radius 2 is 1.79 bits per heavy atom. The molecular formula is C18H15BrN2O2S. The molecule has 0 radical (unpaired) electrons. The van der Waals surface area contributed by atoms with Crippen LogP contribution >= 0.6 is 27.3 Å². The summed E-state index contributed by atoms with van der Waals surface area (Å²) in [6.07, 6.45) is 0. The van der Waals surface area contributed by atoms with Crippen LogP contribution in [0.4, 0.5) is 0 Å². The zero-order valence-corrected chi connectivity index (χ0v) is 15.6. The van der Waals surface area contributed by atoms with Gasteiger partial charge < -0.3 is 4.57 Å². The van der Waals surface area contributed by atoms with Crippen molar-refractivity contribution in [2.24, 2.45) is 4.99 Å². The van der Waals surface area contributed by atoms with Gasteiger partial charge in [-0.3, -0.25) is 9.59 Å². The molecule has 0 N–H and O–H groups in total. The molecular weight excluding hydrogens is 388 g/mol. The molecule has 0 aliphatic carbocycles. The van der Waals surface area contributed by atoms with E-state index >= 15 is 0 Å². The van der Waals surface area contributed by atoms with Gasteiger partial charge in [0.2, 0.25) is 0 Å². The average molecular weight is 403 g/mol. The molecule has 6 heteroatoms. The number of carbonyl (C=O) groups is 2. The number of halogens is 1. The second-order valence-corrected chi connectivity index (χ2v) is 7.22. The summed E-state index contributed by atoms with van der Waals surface area (Å²) in [6.45, 7) is 4.26. The fraction of sp³-hybridized carbons (Fsp3) is 0.167. The van der Waals surface area contributed by atoms with Crippen LogP contribution in [0.1, 0.15) is 34.6 Å². The minimum Gasteiger partial charge on any atom is -0.317 e. The van der Waals surface area contributed by atoms with E-state index in [1.165, 1.54) is 18.3 Å². The number of carbonyl (C=O) groups excluding carboxylic acids is 2. The minimum absolute atomic E-state index is 0.0233. The molecule has 1 amide bonds. The third kappa shape index (κ3) is 3.25. The smallest absolute Gasteiger partial charge is 0.279 e. The lowest BCUT2D eigenvalue weighted by atomic mass is 10.1. The van der Waals surface area contributed by atoms with Gasteiger partial charge in [-0.25, -0.2) is 0 Å². The first-order valence-corrected chi connectivity index (χ1v) is 9.09. The van der Waals surface area contributed by atoms with Crippen LogP contribution in [0.15, 0.2) is 51.9 Å². The van der Waals surface area contributed by atoms with Gasteiger partial charge in [0.05, 0.1) is 10.2 Å². The van der Waals surface area contributed by atoms with Crippen LogP contribution in [0.3, 0.4) is 0 Å². The van der Waals surface area contributed by atoms with E-state index in [9.17, 15) is 9.59 Å². The Balaban J connectivity index is 2.05. The van der Waals surface area contributed by atoms with Crippen molar-refractivity contribution in [1.29, 1.82) is 0 Å². The molecule has 0 saturated carbocycles. The number of aromatic nitrogens is 1. The number of thiazole rings is 1. The zero-order chi connectivity index (χ0) is 17.3. The van der Waals surface area contributed by atoms with E-state index in [1.54, 1.807) is 24.3 Å². The molecule has 0 bridgehead atoms. The lowest BCUT2D eigenvalue weighted by Gasteiger charge is -2.00. The van der Waals surface area contributed by atoms with Crippen LogP contribution in [0, 0.1) is 0 Å². The van der Waals surface area contributed by atoms with Gasteiger partial charge in [0.25, 0.3) is 5.91 Å². The first-order chi connectivity index (χ1) is 11.5. The molecule has 1 aromatic heterocycles. The lowest BCUT2D eigenvalue weighted by Crippen LogP contribution is -2.15. The second-order valence-electron chi connectivity index (χ2n) is 5.29. The summed E-state index contributed by atoms with van der Waals surface area (Å²) in [6, 6.07) is 12.6. The Hall–Kier alpha value is -2.05. The number of ketones is 1. The SMILES string of the molecule is CCn1c(=NC(=O)c2ccc(C(C)=O)cc2)sc2cc(Br)ccc21. The van der Waals surface area contributed by atoms with Gasteiger partial charge >= 0.3 is 0 Å². The van der Waals surface area contributed by atoms with Crippen LogP contribution < -0.4 is 4.80 Å². The summed E-state index contributed by atoms with van der Waals surface area (Å²) in [5.41, 5.74) is 2.12. The van der Waals surface area contributed by atoms with Crippen molar-refractivity contribution in [1.82, 2.24) is 4.57 Å². The van der Waals surface area contributed by atoms with Crippen molar-refractivity contribution in [2.45, 2.75) is 20.4 Å². The molecule has 2 aromatic carbocycles. The van der Waals surface area contributed by atoms with Gasteiger partial charge in [0.15, 0.2) is 10.6 Å². The lowest BCUT2D eigenvalue weighted by molar-refractivity contribution is 0.0991. The Morgan fingerprint density at radius 3 is 2.42 bits per heavy atom. The molecule has 24 heavy (non-hydrogen) atoms. The predicted molar refractivity (Wildman–Crippen MR) is 99.5 cm³/mol. The predicted octanol–water partition coefficient (Wildman–Crippen LogP) is 4.43. The summed E-state index contributed by atoms with van der Waals surface area (Å²) in [5, 5.41) is 0. The minimum atomic E-state index is -0.307. The number of amides is 1. The number of hydrogen-bond donors (Lipinski definition) is 0. The van der Waals surface area contributed by atoms with E-state index in [0.717, 1.165) is 21.2 Å². The number of rotatable bonds is 3. The molecule has 4 nitrogen and oxygen atoms in total. The van der Waals surface area contributed by atoms with Crippen LogP contribution in [-0.2, 0) is 6.54 Å². The van der Waals surface area contributed by atoms with E-state index in [0.29, 0.717) is 15.9 Å². The molecule has 3 aromatic rings. The highest BCUT2D eigenvalue weighted by Gasteiger charge is 2.09. The van der Waals surface area contributed by atoms with E-state index in [2.05, 4.69) is 20.9 Å². The highest BCUT2D eigenvalue weighted by molar-refractivity contribution is 9.10. The van der Waals surface area contributed by atoms with Gasteiger partial charge in [-0.05, 0) is 44.2 Å². The number of fused-ring (bicyclic) bond motifs is 1. The second kappa shape index (κ2) is 6.83. The van der Waals surface area contributed by atoms with Crippen LogP contribution in [0.2, 0.25) is 0 Å². The molecule has 122 valence electrons. The highest BCUT2D eigenvalue weighted by atomic mass is 79.9. The normalized spacial score (nSPS) is 11.9. The third-order valence-electron chi connectivity index (χ3n) is 3.70. The molecule has 0 saturated heterocycles. The molecule has 0 aliphatic heterocycles. The maximum absolute atomic E-state index is 12.4. The van der Waals surface area contributed by atoms with Crippen LogP contribution in [0.5, 0.6) is 0 Å². The molecule has 0 spiro atoms. The Morgan fingerprint density at radius 1 is 1.12 bits per heavy atom. The summed E-state index contributed by atoms with van der Waals surface area (Å²) in [4.78, 5) is 28.7. The molecule has 1 heterocycles. The Labute approximate surface area is 151 Å². The quantitative estimate of drug-likeness (QED) is 0.608. The molecule has 0 aliphatic rings. The van der Waals surface area contributed by atoms with Crippen molar-refractivity contribution in [3.8, 4) is 0 Å². The Bertz CT molecular complexity index is 1000. The first-order valence-electron chi connectivity index (χ1n) is 7.48. The van der Waals surface area contributed by atoms with Crippen molar-refractivity contribution in [2.75, 3.05) is 0 Å². The number of nitrogens with zero attached hydrogens (tertiary/aromatic N) is 2. The number of benzene rings is 2. The number of aryl methyl sites for hydroxylation is 1. The van der Waals surface area contributed by atoms with E-state index in [4.69, 9.17) is 0 Å². The van der Waals surface area contributed by atoms with Gasteiger partial charge in [0, 0.05) is 22.1 Å². The fourth-order valence-electron chi connectivity index (χ4n) is 2.44. The van der Waals surface area contributed by atoms with E-state index in [1.807, 2.05) is 29.7 Å². The number of Topliss-reactive ketones (excluding diaryl/α,β-unsaturated/α-hetero) is 1. The van der Waals surface area contributed by atoms with Crippen molar-refractivity contribution < 1.29 is 9.59 Å². The number of hydrogen-bond acceptors (Lipinski definition) is 3. The molecule has 0 fully saturated rings. The van der Waals surface area contributed by atoms with Crippen molar-refractivity contribution in [3.05, 3.63) is 62.9 Å². The summed E-state index contributed by atoms with van der Waals surface area (Å²) >= 11 is 4.95. The topological polar surface area (TPSA) is 51.4 Å². The molecule has 0 unspecified atom stereocenters. The maximum atomic E-state index is 12.4. The van der Waals surface area contributed by atoms with Crippen LogP contribution in [-0.4, -0.2) is 16.3 Å². The maximum Gasteiger partial charge on any atom is 0.279 e. The zero-order valence-electron chi connectivity index (χ0n) is 13.2. The van der Waals surface area contributed by atoms with E-state index in [-0.39, 0.29) is 11.7 Å². The van der Waals surface area contributed by atoms with Gasteiger partial charge in [-0.1, -0.05) is 39.4 Å². The summed E-state index contributed by atoms with van der Waals surface area (Å²) in [7, 11) is 0. The standard InChI is InChI=1S/C18H15BrN2O2S/c1-3-21-15-9-8-14(19)10-16(15)24-18(21)20-17(23)13-6-4-12(5-7-13)11(2)22/h4-10H,3H2,1-2H3. The largest absolute Gasteiger partial charge is 0.317 e. The van der Waals surface area contributed by atoms with Crippen molar-refractivity contribution >= 4 is 49.2 Å². The highest BCUT2D eigenvalue weighted by Crippen LogP contribution is 2.22. The molecule has 3 rings (SSSR count). The summed E-state index contributed by atoms with van der Waals surface area (Å²) < 4.78 is 4.09. The van der Waals surface area contributed by atoms with Crippen molar-refractivity contribution in [3.63, 3.8) is 0 Å². The fourth-order valence-corrected chi connectivity index (χ4v) is 4.08. The third-order valence-corrected chi connectivity index (χ3v) is 5.23. The van der Waals surface area contributed by atoms with Gasteiger partial charge in [-0.2, -0.15) is 4.99 Å².